The van der Waals surface area contributed by atoms with Gasteiger partial charge < -0.3 is 15.8 Å². The van der Waals surface area contributed by atoms with Gasteiger partial charge in [0.05, 0.1) is 6.61 Å². The van der Waals surface area contributed by atoms with E-state index in [1.54, 1.807) is 0 Å². The van der Waals surface area contributed by atoms with E-state index in [9.17, 15) is 4.39 Å². The number of nitrogens with one attached hydrogen (secondary N) is 1. The van der Waals surface area contributed by atoms with Gasteiger partial charge in [0.15, 0.2) is 0 Å². The second kappa shape index (κ2) is 6.71. The van der Waals surface area contributed by atoms with Crippen LogP contribution in [0.4, 0.5) is 10.1 Å². The highest BCUT2D eigenvalue weighted by Gasteiger charge is 2.22. The molecule has 1 rings (SSSR count). The van der Waals surface area contributed by atoms with Crippen molar-refractivity contribution in [1.82, 2.24) is 5.32 Å². The highest BCUT2D eigenvalue weighted by Crippen LogP contribution is 2.15. The number of hydrogen-bond acceptors (Lipinski definition) is 3. The smallest absolute Gasteiger partial charge is 0.143 e. The first-order valence-electron chi connectivity index (χ1n) is 6.19. The second-order valence-electron chi connectivity index (χ2n) is 4.90. The van der Waals surface area contributed by atoms with Crippen molar-refractivity contribution in [3.05, 3.63) is 29.3 Å². The van der Waals surface area contributed by atoms with E-state index in [1.165, 1.54) is 19.6 Å². The maximum absolute atomic E-state index is 13.8. The van der Waals surface area contributed by atoms with Gasteiger partial charge in [-0.25, -0.2) is 4.39 Å². The van der Waals surface area contributed by atoms with E-state index < -0.39 is 5.67 Å². The molecule has 1 aromatic carbocycles. The van der Waals surface area contributed by atoms with Gasteiger partial charge in [0.2, 0.25) is 0 Å². The molecule has 0 heterocycles. The van der Waals surface area contributed by atoms with Crippen LogP contribution in [0.3, 0.4) is 0 Å². The first kappa shape index (κ1) is 14.9. The lowest BCUT2D eigenvalue weighted by Crippen LogP contribution is -2.38. The lowest BCUT2D eigenvalue weighted by molar-refractivity contribution is 0.0549. The maximum Gasteiger partial charge on any atom is 0.143 e. The first-order valence-corrected chi connectivity index (χ1v) is 6.19. The van der Waals surface area contributed by atoms with Crippen LogP contribution < -0.4 is 11.1 Å². The molecule has 18 heavy (non-hydrogen) atoms. The zero-order chi connectivity index (χ0) is 13.6. The highest BCUT2D eigenvalue weighted by atomic mass is 19.1. The third kappa shape index (κ3) is 4.63. The molecule has 0 aromatic heterocycles. The molecule has 3 N–H and O–H groups in total. The molecule has 0 saturated heterocycles. The molecule has 4 heteroatoms. The molecule has 0 bridgehead atoms. The van der Waals surface area contributed by atoms with Gasteiger partial charge in [-0.1, -0.05) is 12.1 Å². The molecule has 102 valence electrons. The van der Waals surface area contributed by atoms with Crippen molar-refractivity contribution in [2.45, 2.75) is 25.9 Å². The highest BCUT2D eigenvalue weighted by molar-refractivity contribution is 5.49. The number of ether oxygens (including phenoxy) is 1. The molecule has 0 aliphatic rings. The minimum atomic E-state index is -1.32. The predicted molar refractivity (Wildman–Crippen MR) is 73.6 cm³/mol. The average Bonchev–Trinajstić information content (AvgIpc) is 2.29. The lowest BCUT2D eigenvalue weighted by atomic mass is 10.0. The van der Waals surface area contributed by atoms with Gasteiger partial charge >= 0.3 is 0 Å². The minimum Gasteiger partial charge on any atom is -0.399 e. The Balaban J connectivity index is 2.36. The lowest BCUT2D eigenvalue weighted by Gasteiger charge is -2.20. The van der Waals surface area contributed by atoms with Crippen molar-refractivity contribution in [3.8, 4) is 0 Å². The number of nitrogens with two attached hydrogens (primary N) is 1. The zero-order valence-corrected chi connectivity index (χ0v) is 11.4. The molecule has 0 spiro atoms. The summed E-state index contributed by atoms with van der Waals surface area (Å²) in [5.41, 5.74) is 7.64. The van der Waals surface area contributed by atoms with E-state index in [2.05, 4.69) is 11.4 Å². The van der Waals surface area contributed by atoms with Crippen molar-refractivity contribution < 1.29 is 9.13 Å². The largest absolute Gasteiger partial charge is 0.399 e. The fourth-order valence-electron chi connectivity index (χ4n) is 1.90. The van der Waals surface area contributed by atoms with E-state index in [-0.39, 0.29) is 6.61 Å². The Hall–Kier alpha value is -1.13. The molecular weight excluding hydrogens is 231 g/mol. The van der Waals surface area contributed by atoms with Gasteiger partial charge in [0.25, 0.3) is 0 Å². The fourth-order valence-corrected chi connectivity index (χ4v) is 1.90. The number of alkyl halides is 1. The van der Waals surface area contributed by atoms with Crippen molar-refractivity contribution >= 4 is 5.69 Å². The number of benzene rings is 1. The molecule has 1 atom stereocenters. The molecule has 0 aliphatic carbocycles. The van der Waals surface area contributed by atoms with Gasteiger partial charge in [-0.3, -0.25) is 0 Å². The Morgan fingerprint density at radius 1 is 1.44 bits per heavy atom. The molecule has 1 unspecified atom stereocenters. The standard InChI is InChI=1S/C14H23FN2O/c1-11-12(5-4-6-13(11)16)7-8-17-9-14(2,15)10-18-3/h4-6,17H,7-10,16H2,1-3H3. The third-order valence-corrected chi connectivity index (χ3v) is 3.00. The summed E-state index contributed by atoms with van der Waals surface area (Å²) in [5, 5.41) is 3.11. The quantitative estimate of drug-likeness (QED) is 0.578. The molecule has 0 fully saturated rings. The van der Waals surface area contributed by atoms with Gasteiger partial charge in [0, 0.05) is 19.3 Å². The van der Waals surface area contributed by atoms with Gasteiger partial charge in [-0.15, -0.1) is 0 Å². The van der Waals surface area contributed by atoms with Crippen LogP contribution in [-0.2, 0) is 11.2 Å². The van der Waals surface area contributed by atoms with Crippen molar-refractivity contribution in [3.63, 3.8) is 0 Å². The Labute approximate surface area is 109 Å². The van der Waals surface area contributed by atoms with Crippen LogP contribution >= 0.6 is 0 Å². The average molecular weight is 254 g/mol. The van der Waals surface area contributed by atoms with Crippen LogP contribution in [0, 0.1) is 6.92 Å². The van der Waals surface area contributed by atoms with E-state index >= 15 is 0 Å². The first-order chi connectivity index (χ1) is 8.46. The van der Waals surface area contributed by atoms with Gasteiger partial charge in [-0.2, -0.15) is 0 Å². The number of anilines is 1. The van der Waals surface area contributed by atoms with Crippen LogP contribution in [-0.4, -0.2) is 32.5 Å². The molecule has 0 saturated carbocycles. The minimum absolute atomic E-state index is 0.108. The van der Waals surface area contributed by atoms with Crippen molar-refractivity contribution in [2.75, 3.05) is 32.5 Å². The molecule has 0 radical (unpaired) electrons. The van der Waals surface area contributed by atoms with Crippen molar-refractivity contribution in [1.29, 1.82) is 0 Å². The molecule has 3 nitrogen and oxygen atoms in total. The van der Waals surface area contributed by atoms with Crippen LogP contribution in [0.1, 0.15) is 18.1 Å². The van der Waals surface area contributed by atoms with Crippen LogP contribution in [0.15, 0.2) is 18.2 Å². The SMILES string of the molecule is COCC(C)(F)CNCCc1cccc(N)c1C. The summed E-state index contributed by atoms with van der Waals surface area (Å²) in [6.07, 6.45) is 0.847. The number of rotatable bonds is 7. The molecular formula is C14H23FN2O. The van der Waals surface area contributed by atoms with Crippen LogP contribution in [0.5, 0.6) is 0 Å². The van der Waals surface area contributed by atoms with Crippen LogP contribution in [0.25, 0.3) is 0 Å². The van der Waals surface area contributed by atoms with E-state index in [0.717, 1.165) is 24.2 Å². The van der Waals surface area contributed by atoms with E-state index in [4.69, 9.17) is 10.5 Å². The number of halogens is 1. The Morgan fingerprint density at radius 2 is 2.17 bits per heavy atom. The topological polar surface area (TPSA) is 47.3 Å². The molecule has 0 amide bonds. The summed E-state index contributed by atoms with van der Waals surface area (Å²) in [7, 11) is 1.51. The van der Waals surface area contributed by atoms with E-state index in [0.29, 0.717) is 6.54 Å². The summed E-state index contributed by atoms with van der Waals surface area (Å²) in [4.78, 5) is 0. The predicted octanol–water partition coefficient (Wildman–Crippen LogP) is 2.08. The normalized spacial score (nSPS) is 14.4. The number of methoxy groups -OCH3 is 1. The summed E-state index contributed by atoms with van der Waals surface area (Å²) in [6.45, 7) is 4.68. The van der Waals surface area contributed by atoms with E-state index in [1.807, 2.05) is 19.1 Å². The summed E-state index contributed by atoms with van der Waals surface area (Å²) in [6, 6.07) is 5.89. The Morgan fingerprint density at radius 3 is 2.83 bits per heavy atom. The monoisotopic (exact) mass is 254 g/mol. The second-order valence-corrected chi connectivity index (χ2v) is 4.90. The molecule has 1 aromatic rings. The Bertz CT molecular complexity index is 380. The van der Waals surface area contributed by atoms with Crippen LogP contribution in [0.2, 0.25) is 0 Å². The fraction of sp³-hybridized carbons (Fsp3) is 0.571. The number of nitrogen functional groups attached to an aromatic ring is 1. The Kier molecular flexibility index (Phi) is 5.56. The van der Waals surface area contributed by atoms with Crippen molar-refractivity contribution in [2.24, 2.45) is 0 Å². The van der Waals surface area contributed by atoms with Gasteiger partial charge in [-0.05, 0) is 44.0 Å². The van der Waals surface area contributed by atoms with Gasteiger partial charge in [0.1, 0.15) is 5.67 Å². The summed E-state index contributed by atoms with van der Waals surface area (Å²) < 4.78 is 18.6. The maximum atomic E-state index is 13.8. The summed E-state index contributed by atoms with van der Waals surface area (Å²) >= 11 is 0. The molecule has 0 aliphatic heterocycles. The summed E-state index contributed by atoms with van der Waals surface area (Å²) in [5.74, 6) is 0. The zero-order valence-electron chi connectivity index (χ0n) is 11.4. The number of hydrogen-bond donors (Lipinski definition) is 2. The third-order valence-electron chi connectivity index (χ3n) is 3.00.